The van der Waals surface area contributed by atoms with Crippen LogP contribution in [0.15, 0.2) is 53.4 Å². The van der Waals surface area contributed by atoms with E-state index in [2.05, 4.69) is 5.32 Å². The van der Waals surface area contributed by atoms with E-state index in [4.69, 9.17) is 4.74 Å². The van der Waals surface area contributed by atoms with Gasteiger partial charge in [0, 0.05) is 20.1 Å². The van der Waals surface area contributed by atoms with Crippen LogP contribution >= 0.6 is 0 Å². The van der Waals surface area contributed by atoms with Crippen molar-refractivity contribution in [3.05, 3.63) is 59.7 Å². The third-order valence-electron chi connectivity index (χ3n) is 5.67. The molecule has 1 unspecified atom stereocenters. The van der Waals surface area contributed by atoms with E-state index in [1.54, 1.807) is 31.4 Å². The summed E-state index contributed by atoms with van der Waals surface area (Å²) < 4.78 is 32.3. The van der Waals surface area contributed by atoms with E-state index in [-0.39, 0.29) is 29.8 Å². The minimum Gasteiger partial charge on any atom is -0.497 e. The minimum atomic E-state index is -3.87. The fourth-order valence-corrected chi connectivity index (χ4v) is 4.65. The van der Waals surface area contributed by atoms with E-state index >= 15 is 0 Å². The highest BCUT2D eigenvalue weighted by Gasteiger charge is 2.31. The number of benzene rings is 2. The summed E-state index contributed by atoms with van der Waals surface area (Å²) >= 11 is 0. The molecule has 0 fully saturated rings. The third-order valence-corrected chi connectivity index (χ3v) is 7.49. The topological polar surface area (TPSA) is 96.0 Å². The molecule has 0 aromatic heterocycles. The van der Waals surface area contributed by atoms with Crippen LogP contribution in [-0.4, -0.2) is 62.7 Å². The number of amides is 2. The number of nitrogens with zero attached hydrogens (tertiary/aromatic N) is 2. The van der Waals surface area contributed by atoms with Crippen LogP contribution in [0.25, 0.3) is 0 Å². The number of likely N-dealkylation sites (N-methyl/N-ethyl adjacent to an activating group) is 1. The third kappa shape index (κ3) is 7.80. The first-order chi connectivity index (χ1) is 16.5. The maximum Gasteiger partial charge on any atom is 0.243 e. The van der Waals surface area contributed by atoms with Crippen molar-refractivity contribution < 1.29 is 22.7 Å². The van der Waals surface area contributed by atoms with Crippen LogP contribution in [0.3, 0.4) is 0 Å². The van der Waals surface area contributed by atoms with E-state index in [1.165, 1.54) is 24.1 Å². The molecule has 8 nitrogen and oxygen atoms in total. The second-order valence-corrected chi connectivity index (χ2v) is 11.1. The Labute approximate surface area is 209 Å². The number of methoxy groups -OCH3 is 1. The van der Waals surface area contributed by atoms with Crippen molar-refractivity contribution in [2.45, 2.75) is 51.6 Å². The molecule has 2 rings (SSSR count). The molecule has 1 N–H and O–H groups in total. The van der Waals surface area contributed by atoms with Crippen LogP contribution in [0.4, 0.5) is 0 Å². The molecule has 0 aliphatic rings. The van der Waals surface area contributed by atoms with Gasteiger partial charge in [0.1, 0.15) is 11.8 Å². The van der Waals surface area contributed by atoms with E-state index < -0.39 is 22.0 Å². The maximum atomic E-state index is 13.5. The highest BCUT2D eigenvalue weighted by Crippen LogP contribution is 2.19. The average molecular weight is 504 g/mol. The van der Waals surface area contributed by atoms with Crippen LogP contribution in [0, 0.1) is 12.8 Å². The monoisotopic (exact) mass is 503 g/mol. The molecule has 0 saturated carbocycles. The molecule has 0 spiro atoms. The van der Waals surface area contributed by atoms with Gasteiger partial charge in [-0.15, -0.1) is 0 Å². The van der Waals surface area contributed by atoms with Gasteiger partial charge < -0.3 is 15.0 Å². The molecule has 2 amide bonds. The van der Waals surface area contributed by atoms with E-state index in [0.29, 0.717) is 18.7 Å². The summed E-state index contributed by atoms with van der Waals surface area (Å²) in [5.74, 6) is 0.225. The molecule has 192 valence electrons. The molecule has 0 saturated heterocycles. The molecule has 0 radical (unpaired) electrons. The predicted octanol–water partition coefficient (Wildman–Crippen LogP) is 3.20. The molecule has 2 aromatic rings. The Kier molecular flexibility index (Phi) is 10.3. The first-order valence-electron chi connectivity index (χ1n) is 11.7. The summed E-state index contributed by atoms with van der Waals surface area (Å²) in [7, 11) is -0.927. The number of aryl methyl sites for hydroxylation is 1. The predicted molar refractivity (Wildman–Crippen MR) is 136 cm³/mol. The molecule has 0 aliphatic carbocycles. The average Bonchev–Trinajstić information content (AvgIpc) is 2.83. The van der Waals surface area contributed by atoms with Gasteiger partial charge in [-0.3, -0.25) is 9.59 Å². The van der Waals surface area contributed by atoms with Crippen LogP contribution in [0.5, 0.6) is 5.75 Å². The smallest absolute Gasteiger partial charge is 0.243 e. The summed E-state index contributed by atoms with van der Waals surface area (Å²) in [6, 6.07) is 12.9. The van der Waals surface area contributed by atoms with Gasteiger partial charge in [0.15, 0.2) is 0 Å². The Bertz CT molecular complexity index is 1080. The molecule has 2 aromatic carbocycles. The van der Waals surface area contributed by atoms with Crippen molar-refractivity contribution >= 4 is 21.8 Å². The normalized spacial score (nSPS) is 12.5. The second kappa shape index (κ2) is 12.7. The zero-order chi connectivity index (χ0) is 26.2. The number of sulfonamides is 1. The largest absolute Gasteiger partial charge is 0.497 e. The first kappa shape index (κ1) is 28.3. The first-order valence-corrected chi connectivity index (χ1v) is 13.2. The molecular formula is C26H37N3O5S. The van der Waals surface area contributed by atoms with Crippen molar-refractivity contribution in [1.29, 1.82) is 0 Å². The van der Waals surface area contributed by atoms with Gasteiger partial charge in [-0.05, 0) is 49.1 Å². The second-order valence-electron chi connectivity index (χ2n) is 9.01. The lowest BCUT2D eigenvalue weighted by molar-refractivity contribution is -0.141. The number of nitrogens with one attached hydrogen (secondary N) is 1. The van der Waals surface area contributed by atoms with Crippen molar-refractivity contribution in [1.82, 2.24) is 14.5 Å². The summed E-state index contributed by atoms with van der Waals surface area (Å²) in [5, 5.41) is 2.90. The van der Waals surface area contributed by atoms with Gasteiger partial charge in [-0.1, -0.05) is 50.6 Å². The lowest BCUT2D eigenvalue weighted by Crippen LogP contribution is -2.52. The minimum absolute atomic E-state index is 0.113. The lowest BCUT2D eigenvalue weighted by atomic mass is 10.1. The highest BCUT2D eigenvalue weighted by atomic mass is 32.2. The molecule has 35 heavy (non-hydrogen) atoms. The maximum absolute atomic E-state index is 13.5. The molecular weight excluding hydrogens is 466 g/mol. The molecule has 0 aliphatic heterocycles. The van der Waals surface area contributed by atoms with Crippen LogP contribution < -0.4 is 10.1 Å². The standard InChI is InChI=1S/C26H37N3O5S/c1-7-24(26(31)27-16-19(2)3)29(17-21-10-12-22(34-6)13-11-21)25(30)18-28(5)35(32,33)23-14-8-20(4)9-15-23/h8-15,19,24H,7,16-18H2,1-6H3,(H,27,31). The molecule has 0 heterocycles. The van der Waals surface area contributed by atoms with Gasteiger partial charge in [0.25, 0.3) is 0 Å². The Morgan fingerprint density at radius 3 is 2.14 bits per heavy atom. The Morgan fingerprint density at radius 1 is 1.03 bits per heavy atom. The Hall–Kier alpha value is -2.91. The molecule has 0 bridgehead atoms. The number of ether oxygens (including phenoxy) is 1. The van der Waals surface area contributed by atoms with Crippen molar-refractivity contribution in [3.63, 3.8) is 0 Å². The van der Waals surface area contributed by atoms with Crippen LogP contribution in [0.1, 0.15) is 38.3 Å². The summed E-state index contributed by atoms with van der Waals surface area (Å²) in [6.07, 6.45) is 0.389. The summed E-state index contributed by atoms with van der Waals surface area (Å²) in [4.78, 5) is 28.0. The van der Waals surface area contributed by atoms with Crippen molar-refractivity contribution in [2.24, 2.45) is 5.92 Å². The van der Waals surface area contributed by atoms with Crippen molar-refractivity contribution in [3.8, 4) is 5.75 Å². The number of hydrogen-bond acceptors (Lipinski definition) is 5. The number of carbonyl (C=O) groups excluding carboxylic acids is 2. The van der Waals surface area contributed by atoms with E-state index in [0.717, 1.165) is 15.4 Å². The van der Waals surface area contributed by atoms with Gasteiger partial charge >= 0.3 is 0 Å². The SMILES string of the molecule is CCC(C(=O)NCC(C)C)N(Cc1ccc(OC)cc1)C(=O)CN(C)S(=O)(=O)c1ccc(C)cc1. The zero-order valence-corrected chi connectivity index (χ0v) is 22.3. The van der Waals surface area contributed by atoms with Gasteiger partial charge in [-0.25, -0.2) is 8.42 Å². The van der Waals surface area contributed by atoms with E-state index in [1.807, 2.05) is 39.8 Å². The molecule has 9 heteroatoms. The quantitative estimate of drug-likeness (QED) is 0.480. The zero-order valence-electron chi connectivity index (χ0n) is 21.4. The van der Waals surface area contributed by atoms with Gasteiger partial charge in [0.2, 0.25) is 21.8 Å². The van der Waals surface area contributed by atoms with Crippen molar-refractivity contribution in [2.75, 3.05) is 27.2 Å². The number of rotatable bonds is 12. The molecule has 1 atom stereocenters. The fraction of sp³-hybridized carbons (Fsp3) is 0.462. The van der Waals surface area contributed by atoms with Crippen LogP contribution in [-0.2, 0) is 26.2 Å². The Balaban J connectivity index is 2.31. The number of hydrogen-bond donors (Lipinski definition) is 1. The highest BCUT2D eigenvalue weighted by molar-refractivity contribution is 7.89. The summed E-state index contributed by atoms with van der Waals surface area (Å²) in [5.41, 5.74) is 1.74. The van der Waals surface area contributed by atoms with E-state index in [9.17, 15) is 18.0 Å². The lowest BCUT2D eigenvalue weighted by Gasteiger charge is -2.32. The van der Waals surface area contributed by atoms with Crippen LogP contribution in [0.2, 0.25) is 0 Å². The number of carbonyl (C=O) groups is 2. The Morgan fingerprint density at radius 2 is 1.63 bits per heavy atom. The van der Waals surface area contributed by atoms with Gasteiger partial charge in [0.05, 0.1) is 18.6 Å². The summed E-state index contributed by atoms with van der Waals surface area (Å²) in [6.45, 7) is 7.95. The fourth-order valence-electron chi connectivity index (χ4n) is 3.53. The van der Waals surface area contributed by atoms with Gasteiger partial charge in [-0.2, -0.15) is 4.31 Å².